The third kappa shape index (κ3) is 4.78. The summed E-state index contributed by atoms with van der Waals surface area (Å²) in [6.45, 7) is 4.99. The molecule has 2 fully saturated rings. The molecule has 2 aromatic carbocycles. The van der Waals surface area contributed by atoms with Crippen molar-refractivity contribution in [1.29, 1.82) is 0 Å². The molecule has 3 aliphatic rings. The van der Waals surface area contributed by atoms with Gasteiger partial charge >= 0.3 is 0 Å². The van der Waals surface area contributed by atoms with E-state index >= 15 is 0 Å². The van der Waals surface area contributed by atoms with Crippen LogP contribution in [0.5, 0.6) is 11.5 Å². The summed E-state index contributed by atoms with van der Waals surface area (Å²) in [6.07, 6.45) is 6.38. The number of likely N-dealkylation sites (tertiary alicyclic amines) is 1. The SMILES string of the molecule is O=C(C[C@H]1CCN(Cc2ccccc2)C1)NCC1(c2ccc3c(c2)OCCO3)CCCC1. The predicted octanol–water partition coefficient (Wildman–Crippen LogP) is 4.30. The molecule has 1 saturated heterocycles. The molecule has 1 saturated carbocycles. The standard InChI is InChI=1S/C27H34N2O3/c30-26(16-22-10-13-29(19-22)18-21-6-2-1-3-7-21)28-20-27(11-4-5-12-27)23-8-9-24-25(17-23)32-15-14-31-24/h1-3,6-9,17,22H,4-5,10-16,18-20H2,(H,28,30)/t22-/m1/s1. The highest BCUT2D eigenvalue weighted by Crippen LogP contribution is 2.43. The Hall–Kier alpha value is -2.53. The number of amides is 1. The van der Waals surface area contributed by atoms with Crippen molar-refractivity contribution in [3.05, 3.63) is 59.7 Å². The molecule has 0 unspecified atom stereocenters. The first-order chi connectivity index (χ1) is 15.7. The first kappa shape index (κ1) is 21.3. The molecular weight excluding hydrogens is 400 g/mol. The molecule has 1 N–H and O–H groups in total. The fourth-order valence-corrected chi connectivity index (χ4v) is 5.66. The number of nitrogens with one attached hydrogen (secondary N) is 1. The molecule has 32 heavy (non-hydrogen) atoms. The van der Waals surface area contributed by atoms with Crippen LogP contribution in [0.1, 0.15) is 49.7 Å². The van der Waals surface area contributed by atoms with Crippen LogP contribution in [0.15, 0.2) is 48.5 Å². The van der Waals surface area contributed by atoms with E-state index in [2.05, 4.69) is 52.7 Å². The molecule has 0 bridgehead atoms. The van der Waals surface area contributed by atoms with E-state index in [1.807, 2.05) is 6.07 Å². The number of hydrogen-bond acceptors (Lipinski definition) is 4. The minimum atomic E-state index is 0.0144. The summed E-state index contributed by atoms with van der Waals surface area (Å²) in [4.78, 5) is 15.3. The van der Waals surface area contributed by atoms with Crippen molar-refractivity contribution < 1.29 is 14.3 Å². The van der Waals surface area contributed by atoms with Gasteiger partial charge in [0.05, 0.1) is 0 Å². The number of benzene rings is 2. The van der Waals surface area contributed by atoms with E-state index < -0.39 is 0 Å². The van der Waals surface area contributed by atoms with Crippen molar-refractivity contribution in [3.63, 3.8) is 0 Å². The monoisotopic (exact) mass is 434 g/mol. The average molecular weight is 435 g/mol. The third-order valence-corrected chi connectivity index (χ3v) is 7.43. The minimum Gasteiger partial charge on any atom is -0.486 e. The Morgan fingerprint density at radius 1 is 1.03 bits per heavy atom. The van der Waals surface area contributed by atoms with Gasteiger partial charge in [0, 0.05) is 31.5 Å². The van der Waals surface area contributed by atoms with Gasteiger partial charge in [-0.05, 0) is 55.0 Å². The van der Waals surface area contributed by atoms with Gasteiger partial charge in [-0.2, -0.15) is 0 Å². The highest BCUT2D eigenvalue weighted by atomic mass is 16.6. The van der Waals surface area contributed by atoms with Crippen LogP contribution in [-0.2, 0) is 16.8 Å². The Morgan fingerprint density at radius 2 is 1.81 bits per heavy atom. The smallest absolute Gasteiger partial charge is 0.220 e. The Morgan fingerprint density at radius 3 is 2.62 bits per heavy atom. The molecule has 0 spiro atoms. The summed E-state index contributed by atoms with van der Waals surface area (Å²) in [7, 11) is 0. The lowest BCUT2D eigenvalue weighted by Gasteiger charge is -2.31. The molecule has 2 heterocycles. The van der Waals surface area contributed by atoms with Crippen LogP contribution >= 0.6 is 0 Å². The van der Waals surface area contributed by atoms with Crippen molar-refractivity contribution >= 4 is 5.91 Å². The first-order valence-corrected chi connectivity index (χ1v) is 12.1. The van der Waals surface area contributed by atoms with Gasteiger partial charge in [0.25, 0.3) is 0 Å². The van der Waals surface area contributed by atoms with Crippen LogP contribution in [0.25, 0.3) is 0 Å². The molecule has 5 nitrogen and oxygen atoms in total. The van der Waals surface area contributed by atoms with Gasteiger partial charge in [0.15, 0.2) is 11.5 Å². The maximum Gasteiger partial charge on any atom is 0.220 e. The van der Waals surface area contributed by atoms with Gasteiger partial charge in [-0.15, -0.1) is 0 Å². The fraction of sp³-hybridized carbons (Fsp3) is 0.519. The van der Waals surface area contributed by atoms with Crippen molar-refractivity contribution in [3.8, 4) is 11.5 Å². The van der Waals surface area contributed by atoms with Gasteiger partial charge in [0.1, 0.15) is 13.2 Å². The first-order valence-electron chi connectivity index (χ1n) is 12.1. The van der Waals surface area contributed by atoms with Crippen LogP contribution in [0.3, 0.4) is 0 Å². The molecule has 1 atom stereocenters. The van der Waals surface area contributed by atoms with Crippen LogP contribution in [0, 0.1) is 5.92 Å². The third-order valence-electron chi connectivity index (χ3n) is 7.43. The van der Waals surface area contributed by atoms with E-state index in [0.717, 1.165) is 50.4 Å². The molecule has 5 heteroatoms. The maximum absolute atomic E-state index is 12.9. The number of carbonyl (C=O) groups is 1. The number of ether oxygens (including phenoxy) is 2. The second kappa shape index (κ2) is 9.53. The molecule has 5 rings (SSSR count). The zero-order valence-corrected chi connectivity index (χ0v) is 18.9. The van der Waals surface area contributed by atoms with Crippen molar-refractivity contribution in [2.75, 3.05) is 32.8 Å². The van der Waals surface area contributed by atoms with Gasteiger partial charge < -0.3 is 14.8 Å². The summed E-state index contributed by atoms with van der Waals surface area (Å²) in [6, 6.07) is 17.0. The van der Waals surface area contributed by atoms with Crippen LogP contribution in [0.2, 0.25) is 0 Å². The molecule has 0 aromatic heterocycles. The molecule has 2 aliphatic heterocycles. The Balaban J connectivity index is 1.16. The molecular formula is C27H34N2O3. The predicted molar refractivity (Wildman–Crippen MR) is 125 cm³/mol. The van der Waals surface area contributed by atoms with Gasteiger partial charge in [-0.3, -0.25) is 9.69 Å². The average Bonchev–Trinajstić information content (AvgIpc) is 3.48. The van der Waals surface area contributed by atoms with E-state index in [9.17, 15) is 4.79 Å². The lowest BCUT2D eigenvalue weighted by atomic mass is 9.78. The second-order valence-corrected chi connectivity index (χ2v) is 9.70. The number of fused-ring (bicyclic) bond motifs is 1. The largest absolute Gasteiger partial charge is 0.486 e. The van der Waals surface area contributed by atoms with Gasteiger partial charge in [-0.25, -0.2) is 0 Å². The summed E-state index contributed by atoms with van der Waals surface area (Å²) in [5.74, 6) is 2.32. The normalized spacial score (nSPS) is 22.1. The number of carbonyl (C=O) groups excluding carboxylic acids is 1. The van der Waals surface area contributed by atoms with Gasteiger partial charge in [0.2, 0.25) is 5.91 Å². The molecule has 1 amide bonds. The van der Waals surface area contributed by atoms with E-state index in [1.54, 1.807) is 0 Å². The summed E-state index contributed by atoms with van der Waals surface area (Å²) < 4.78 is 11.5. The summed E-state index contributed by atoms with van der Waals surface area (Å²) in [5.41, 5.74) is 2.63. The second-order valence-electron chi connectivity index (χ2n) is 9.70. The van der Waals surface area contributed by atoms with Crippen LogP contribution in [0.4, 0.5) is 0 Å². The van der Waals surface area contributed by atoms with E-state index in [0.29, 0.717) is 32.1 Å². The molecule has 170 valence electrons. The van der Waals surface area contributed by atoms with Crippen LogP contribution < -0.4 is 14.8 Å². The van der Waals surface area contributed by atoms with E-state index in [-0.39, 0.29) is 11.3 Å². The van der Waals surface area contributed by atoms with Crippen molar-refractivity contribution in [1.82, 2.24) is 10.2 Å². The number of nitrogens with zero attached hydrogens (tertiary/aromatic N) is 1. The van der Waals surface area contributed by atoms with Crippen molar-refractivity contribution in [2.24, 2.45) is 5.92 Å². The van der Waals surface area contributed by atoms with E-state index in [1.165, 1.54) is 24.0 Å². The fourth-order valence-electron chi connectivity index (χ4n) is 5.66. The Kier molecular flexibility index (Phi) is 6.35. The Bertz CT molecular complexity index is 924. The molecule has 2 aromatic rings. The lowest BCUT2D eigenvalue weighted by molar-refractivity contribution is -0.122. The Labute approximate surface area is 191 Å². The summed E-state index contributed by atoms with van der Waals surface area (Å²) >= 11 is 0. The zero-order valence-electron chi connectivity index (χ0n) is 18.9. The topological polar surface area (TPSA) is 50.8 Å². The van der Waals surface area contributed by atoms with Gasteiger partial charge in [-0.1, -0.05) is 49.2 Å². The molecule has 1 aliphatic carbocycles. The zero-order chi connectivity index (χ0) is 21.8. The number of hydrogen-bond donors (Lipinski definition) is 1. The van der Waals surface area contributed by atoms with E-state index in [4.69, 9.17) is 9.47 Å². The van der Waals surface area contributed by atoms with Crippen molar-refractivity contribution in [2.45, 2.75) is 50.5 Å². The highest BCUT2D eigenvalue weighted by Gasteiger charge is 2.37. The molecule has 0 radical (unpaired) electrons. The summed E-state index contributed by atoms with van der Waals surface area (Å²) in [5, 5.41) is 3.31. The quantitative estimate of drug-likeness (QED) is 0.706. The highest BCUT2D eigenvalue weighted by molar-refractivity contribution is 5.76. The maximum atomic E-state index is 12.9. The minimum absolute atomic E-state index is 0.0144. The lowest BCUT2D eigenvalue weighted by Crippen LogP contribution is -2.39. The number of rotatable bonds is 7. The van der Waals surface area contributed by atoms with Crippen LogP contribution in [-0.4, -0.2) is 43.7 Å².